The van der Waals surface area contributed by atoms with Gasteiger partial charge < -0.3 is 10.2 Å². The third-order valence-electron chi connectivity index (χ3n) is 2.18. The fourth-order valence-electron chi connectivity index (χ4n) is 1.36. The van der Waals surface area contributed by atoms with Crippen molar-refractivity contribution in [3.05, 3.63) is 17.5 Å². The van der Waals surface area contributed by atoms with E-state index in [2.05, 4.69) is 40.2 Å². The maximum atomic E-state index is 5.12. The van der Waals surface area contributed by atoms with Crippen LogP contribution >= 0.6 is 12.2 Å². The van der Waals surface area contributed by atoms with Crippen LogP contribution in [0.4, 0.5) is 5.95 Å². The highest BCUT2D eigenvalue weighted by molar-refractivity contribution is 7.80. The molecule has 0 radical (unpaired) electrons. The molecular formula is C11H21N6S+. The van der Waals surface area contributed by atoms with Gasteiger partial charge in [-0.25, -0.2) is 9.97 Å². The summed E-state index contributed by atoms with van der Waals surface area (Å²) in [6, 6.07) is 1.92. The quantitative estimate of drug-likeness (QED) is 0.407. The van der Waals surface area contributed by atoms with Crippen molar-refractivity contribution in [1.82, 2.24) is 20.7 Å². The van der Waals surface area contributed by atoms with Crippen molar-refractivity contribution in [3.63, 3.8) is 0 Å². The highest BCUT2D eigenvalue weighted by atomic mass is 32.1. The van der Waals surface area contributed by atoms with E-state index >= 15 is 0 Å². The Balaban J connectivity index is 2.33. The number of aryl methyl sites for hydroxylation is 2. The smallest absolute Gasteiger partial charge is 0.242 e. The lowest BCUT2D eigenvalue weighted by Gasteiger charge is -2.13. The monoisotopic (exact) mass is 269 g/mol. The van der Waals surface area contributed by atoms with Gasteiger partial charge in [0.25, 0.3) is 0 Å². The average molecular weight is 269 g/mol. The van der Waals surface area contributed by atoms with Gasteiger partial charge in [0, 0.05) is 11.4 Å². The molecule has 0 saturated carbocycles. The van der Waals surface area contributed by atoms with Crippen LogP contribution in [0.25, 0.3) is 0 Å². The first-order valence-corrected chi connectivity index (χ1v) is 6.29. The van der Waals surface area contributed by atoms with Gasteiger partial charge in [0.15, 0.2) is 5.11 Å². The summed E-state index contributed by atoms with van der Waals surface area (Å²) in [5.41, 5.74) is 7.58. The second-order valence-corrected chi connectivity index (χ2v) is 4.85. The molecule has 1 aromatic rings. The summed E-state index contributed by atoms with van der Waals surface area (Å²) in [7, 11) is 4.19. The molecule has 0 aliphatic heterocycles. The van der Waals surface area contributed by atoms with E-state index in [1.807, 2.05) is 19.9 Å². The first-order valence-electron chi connectivity index (χ1n) is 5.88. The van der Waals surface area contributed by atoms with E-state index in [0.29, 0.717) is 11.1 Å². The molecule has 0 spiro atoms. The van der Waals surface area contributed by atoms with Crippen molar-refractivity contribution in [2.24, 2.45) is 0 Å². The minimum atomic E-state index is 0.523. The van der Waals surface area contributed by atoms with Crippen LogP contribution in [0, 0.1) is 13.8 Å². The van der Waals surface area contributed by atoms with Crippen molar-refractivity contribution in [3.8, 4) is 0 Å². The Hall–Kier alpha value is -1.47. The summed E-state index contributed by atoms with van der Waals surface area (Å²) in [6.07, 6.45) is 0. The molecule has 1 aromatic heterocycles. The number of hydrogen-bond donors (Lipinski definition) is 4. The van der Waals surface area contributed by atoms with Gasteiger partial charge in [-0.15, -0.1) is 0 Å². The molecule has 1 rings (SSSR count). The Labute approximate surface area is 113 Å². The fourth-order valence-corrected chi connectivity index (χ4v) is 1.52. The van der Waals surface area contributed by atoms with Crippen molar-refractivity contribution < 1.29 is 4.90 Å². The van der Waals surface area contributed by atoms with Gasteiger partial charge in [-0.05, 0) is 32.1 Å². The van der Waals surface area contributed by atoms with Gasteiger partial charge in [0.1, 0.15) is 0 Å². The van der Waals surface area contributed by atoms with Crippen molar-refractivity contribution in [2.75, 3.05) is 32.6 Å². The average Bonchev–Trinajstić information content (AvgIpc) is 2.24. The van der Waals surface area contributed by atoms with Crippen LogP contribution in [0.2, 0.25) is 0 Å². The van der Waals surface area contributed by atoms with Crippen LogP contribution in [0.5, 0.6) is 0 Å². The zero-order valence-corrected chi connectivity index (χ0v) is 12.1. The second-order valence-electron chi connectivity index (χ2n) is 4.44. The van der Waals surface area contributed by atoms with Gasteiger partial charge >= 0.3 is 0 Å². The Morgan fingerprint density at radius 3 is 2.44 bits per heavy atom. The molecule has 0 unspecified atom stereocenters. The van der Waals surface area contributed by atoms with Gasteiger partial charge in [-0.3, -0.25) is 10.9 Å². The molecule has 0 bridgehead atoms. The molecule has 4 N–H and O–H groups in total. The van der Waals surface area contributed by atoms with E-state index in [4.69, 9.17) is 12.2 Å². The van der Waals surface area contributed by atoms with E-state index < -0.39 is 0 Å². The van der Waals surface area contributed by atoms with Gasteiger partial charge in [-0.1, -0.05) is 0 Å². The Kier molecular flexibility index (Phi) is 5.73. The number of hydrogen-bond acceptors (Lipinski definition) is 4. The Morgan fingerprint density at radius 1 is 1.28 bits per heavy atom. The third-order valence-corrected chi connectivity index (χ3v) is 2.43. The SMILES string of the molecule is Cc1cc(C)nc(NNC(=S)NCC[NH+](C)C)n1. The normalized spacial score (nSPS) is 10.3. The molecule has 18 heavy (non-hydrogen) atoms. The number of likely N-dealkylation sites (N-methyl/N-ethyl adjacent to an activating group) is 1. The molecule has 0 aliphatic rings. The minimum Gasteiger partial charge on any atom is -0.356 e. The van der Waals surface area contributed by atoms with Crippen LogP contribution in [-0.2, 0) is 0 Å². The molecule has 0 atom stereocenters. The topological polar surface area (TPSA) is 66.3 Å². The summed E-state index contributed by atoms with van der Waals surface area (Å²) >= 11 is 5.12. The molecule has 0 amide bonds. The lowest BCUT2D eigenvalue weighted by Crippen LogP contribution is -3.06. The number of aromatic nitrogens is 2. The van der Waals surface area contributed by atoms with Gasteiger partial charge in [0.2, 0.25) is 5.95 Å². The van der Waals surface area contributed by atoms with Gasteiger partial charge in [-0.2, -0.15) is 0 Å². The first kappa shape index (κ1) is 14.6. The molecular weight excluding hydrogens is 248 g/mol. The zero-order valence-electron chi connectivity index (χ0n) is 11.3. The minimum absolute atomic E-state index is 0.523. The van der Waals surface area contributed by atoms with Gasteiger partial charge in [0.05, 0.1) is 27.2 Å². The van der Waals surface area contributed by atoms with E-state index in [0.717, 1.165) is 24.5 Å². The molecule has 0 aliphatic carbocycles. The lowest BCUT2D eigenvalue weighted by atomic mass is 10.4. The summed E-state index contributed by atoms with van der Waals surface area (Å²) in [5, 5.41) is 3.64. The summed E-state index contributed by atoms with van der Waals surface area (Å²) in [4.78, 5) is 9.85. The highest BCUT2D eigenvalue weighted by Crippen LogP contribution is 2.01. The highest BCUT2D eigenvalue weighted by Gasteiger charge is 2.00. The third kappa shape index (κ3) is 5.74. The first-order chi connectivity index (χ1) is 8.47. The molecule has 0 fully saturated rings. The van der Waals surface area contributed by atoms with Crippen molar-refractivity contribution in [1.29, 1.82) is 0 Å². The molecule has 0 saturated heterocycles. The van der Waals surface area contributed by atoms with E-state index in [1.165, 1.54) is 4.90 Å². The van der Waals surface area contributed by atoms with E-state index in [1.54, 1.807) is 0 Å². The van der Waals surface area contributed by atoms with Crippen LogP contribution < -0.4 is 21.1 Å². The number of anilines is 1. The summed E-state index contributed by atoms with van der Waals surface area (Å²) < 4.78 is 0. The summed E-state index contributed by atoms with van der Waals surface area (Å²) in [6.45, 7) is 5.68. The summed E-state index contributed by atoms with van der Waals surface area (Å²) in [5.74, 6) is 0.523. The number of rotatable bonds is 5. The number of nitrogens with one attached hydrogen (secondary N) is 4. The van der Waals surface area contributed by atoms with E-state index in [-0.39, 0.29) is 0 Å². The predicted octanol–water partition coefficient (Wildman–Crippen LogP) is -0.971. The number of thiocarbonyl (C=S) groups is 1. The second kappa shape index (κ2) is 7.07. The molecule has 0 aromatic carbocycles. The number of quaternary nitrogens is 1. The maximum absolute atomic E-state index is 5.12. The molecule has 1 heterocycles. The van der Waals surface area contributed by atoms with Crippen LogP contribution in [-0.4, -0.2) is 42.3 Å². The van der Waals surface area contributed by atoms with Crippen molar-refractivity contribution in [2.45, 2.75) is 13.8 Å². The molecule has 6 nitrogen and oxygen atoms in total. The predicted molar refractivity (Wildman–Crippen MR) is 76.5 cm³/mol. The zero-order chi connectivity index (χ0) is 13.5. The maximum Gasteiger partial charge on any atom is 0.242 e. The van der Waals surface area contributed by atoms with Crippen LogP contribution in [0.1, 0.15) is 11.4 Å². The Bertz CT molecular complexity index is 386. The van der Waals surface area contributed by atoms with E-state index in [9.17, 15) is 0 Å². The molecule has 7 heteroatoms. The number of nitrogens with zero attached hydrogens (tertiary/aromatic N) is 2. The van der Waals surface area contributed by atoms with Crippen LogP contribution in [0.3, 0.4) is 0 Å². The fraction of sp³-hybridized carbons (Fsp3) is 0.545. The molecule has 100 valence electrons. The van der Waals surface area contributed by atoms with Crippen molar-refractivity contribution >= 4 is 23.3 Å². The Morgan fingerprint density at radius 2 is 1.89 bits per heavy atom. The largest absolute Gasteiger partial charge is 0.356 e. The standard InChI is InChI=1S/C11H20N6S/c1-8-7-9(2)14-10(13-8)15-16-11(18)12-5-6-17(3)4/h7H,5-6H2,1-4H3,(H2,12,16,18)(H,13,14,15)/p+1. The number of hydrazine groups is 1. The lowest BCUT2D eigenvalue weighted by molar-refractivity contribution is -0.856. The van der Waals surface area contributed by atoms with Crippen LogP contribution in [0.15, 0.2) is 6.07 Å².